The zero-order valence-corrected chi connectivity index (χ0v) is 8.31. The molecule has 0 aliphatic rings. The van der Waals surface area contributed by atoms with Crippen LogP contribution in [-0.4, -0.2) is 28.5 Å². The van der Waals surface area contributed by atoms with Crippen molar-refractivity contribution in [3.05, 3.63) is 11.1 Å². The maximum Gasteiger partial charge on any atom is 0.195 e. The lowest BCUT2D eigenvalue weighted by Crippen LogP contribution is -2.31. The summed E-state index contributed by atoms with van der Waals surface area (Å²) in [6.07, 6.45) is 1.68. The number of rotatable bonds is 3. The normalized spacial score (nSPS) is 11.9. The highest BCUT2D eigenvalue weighted by atomic mass is 32.1. The Morgan fingerprint density at radius 3 is 2.83 bits per heavy atom. The van der Waals surface area contributed by atoms with Gasteiger partial charge in [0.05, 0.1) is 12.1 Å². The summed E-state index contributed by atoms with van der Waals surface area (Å²) in [4.78, 5) is 0. The van der Waals surface area contributed by atoms with Crippen molar-refractivity contribution >= 4 is 12.2 Å². The Bertz CT molecular complexity index is 302. The van der Waals surface area contributed by atoms with E-state index in [0.717, 1.165) is 0 Å². The van der Waals surface area contributed by atoms with Crippen molar-refractivity contribution in [1.29, 1.82) is 0 Å². The molecule has 0 spiro atoms. The minimum atomic E-state index is -0.140. The van der Waals surface area contributed by atoms with Gasteiger partial charge in [0.25, 0.3) is 0 Å². The molecule has 68 valence electrons. The third-order valence-corrected chi connectivity index (χ3v) is 1.99. The van der Waals surface area contributed by atoms with Gasteiger partial charge in [-0.2, -0.15) is 5.10 Å². The van der Waals surface area contributed by atoms with E-state index >= 15 is 0 Å². The van der Waals surface area contributed by atoms with E-state index in [9.17, 15) is 0 Å². The summed E-state index contributed by atoms with van der Waals surface area (Å²) in [5, 5.41) is 6.55. The van der Waals surface area contributed by atoms with Gasteiger partial charge in [-0.3, -0.25) is 9.67 Å². The van der Waals surface area contributed by atoms with Crippen molar-refractivity contribution in [2.75, 3.05) is 13.7 Å². The van der Waals surface area contributed by atoms with Crippen LogP contribution in [0.1, 0.15) is 13.8 Å². The van der Waals surface area contributed by atoms with Crippen LogP contribution in [0.5, 0.6) is 0 Å². The van der Waals surface area contributed by atoms with Crippen molar-refractivity contribution in [3.63, 3.8) is 0 Å². The Hall–Kier alpha value is -0.680. The van der Waals surface area contributed by atoms with Gasteiger partial charge in [0, 0.05) is 7.11 Å². The molecule has 1 aromatic rings. The molecule has 12 heavy (non-hydrogen) atoms. The monoisotopic (exact) mass is 187 g/mol. The van der Waals surface area contributed by atoms with E-state index in [1.807, 2.05) is 18.4 Å². The maximum atomic E-state index is 5.08. The molecule has 5 heteroatoms. The fourth-order valence-corrected chi connectivity index (χ4v) is 1.45. The van der Waals surface area contributed by atoms with Gasteiger partial charge >= 0.3 is 0 Å². The highest BCUT2D eigenvalue weighted by Gasteiger charge is 2.20. The quantitative estimate of drug-likeness (QED) is 0.726. The molecule has 4 nitrogen and oxygen atoms in total. The number of nitrogens with zero attached hydrogens (tertiary/aromatic N) is 2. The molecule has 0 amide bonds. The van der Waals surface area contributed by atoms with Crippen molar-refractivity contribution in [1.82, 2.24) is 14.8 Å². The first-order valence-electron chi connectivity index (χ1n) is 3.69. The third-order valence-electron chi connectivity index (χ3n) is 1.70. The van der Waals surface area contributed by atoms with Gasteiger partial charge in [0.15, 0.2) is 4.77 Å². The molecule has 0 radical (unpaired) electrons. The summed E-state index contributed by atoms with van der Waals surface area (Å²) in [5.74, 6) is 0. The van der Waals surface area contributed by atoms with Crippen LogP contribution in [0.4, 0.5) is 0 Å². The van der Waals surface area contributed by atoms with Crippen LogP contribution in [0.2, 0.25) is 0 Å². The lowest BCUT2D eigenvalue weighted by Gasteiger charge is -2.24. The summed E-state index contributed by atoms with van der Waals surface area (Å²) in [6, 6.07) is 0. The Morgan fingerprint density at radius 2 is 2.42 bits per heavy atom. The van der Waals surface area contributed by atoms with E-state index in [2.05, 4.69) is 10.2 Å². The van der Waals surface area contributed by atoms with Gasteiger partial charge in [0.2, 0.25) is 0 Å². The number of H-pyrrole nitrogens is 1. The van der Waals surface area contributed by atoms with E-state index in [4.69, 9.17) is 17.0 Å². The number of aromatic amines is 1. The number of aromatic nitrogens is 3. The maximum absolute atomic E-state index is 5.08. The van der Waals surface area contributed by atoms with Gasteiger partial charge in [0.1, 0.15) is 6.33 Å². The Balaban J connectivity index is 2.96. The summed E-state index contributed by atoms with van der Waals surface area (Å²) in [5.41, 5.74) is -0.140. The van der Waals surface area contributed by atoms with Gasteiger partial charge < -0.3 is 4.74 Å². The SMILES string of the molecule is COCC(C)(C)n1cn[nH]c1=S. The molecule has 0 unspecified atom stereocenters. The second-order valence-corrected chi connectivity index (χ2v) is 3.66. The van der Waals surface area contributed by atoms with Crippen LogP contribution >= 0.6 is 12.2 Å². The van der Waals surface area contributed by atoms with Crippen molar-refractivity contribution < 1.29 is 4.74 Å². The first-order chi connectivity index (χ1) is 5.58. The van der Waals surface area contributed by atoms with E-state index in [1.54, 1.807) is 13.4 Å². The number of ether oxygens (including phenoxy) is 1. The lowest BCUT2D eigenvalue weighted by molar-refractivity contribution is 0.108. The molecule has 0 aromatic carbocycles. The fourth-order valence-electron chi connectivity index (χ4n) is 1.10. The fraction of sp³-hybridized carbons (Fsp3) is 0.714. The highest BCUT2D eigenvalue weighted by molar-refractivity contribution is 7.71. The number of nitrogens with one attached hydrogen (secondary N) is 1. The van der Waals surface area contributed by atoms with Gasteiger partial charge in [-0.25, -0.2) is 0 Å². The van der Waals surface area contributed by atoms with Crippen LogP contribution in [0, 0.1) is 4.77 Å². The summed E-state index contributed by atoms with van der Waals surface area (Å²) in [7, 11) is 1.67. The van der Waals surface area contributed by atoms with Gasteiger partial charge in [-0.05, 0) is 26.1 Å². The van der Waals surface area contributed by atoms with Gasteiger partial charge in [-0.1, -0.05) is 0 Å². The Labute approximate surface area is 76.6 Å². The molecule has 1 N–H and O–H groups in total. The molecular formula is C7H13N3OS. The molecular weight excluding hydrogens is 174 g/mol. The number of methoxy groups -OCH3 is 1. The zero-order chi connectivity index (χ0) is 9.19. The smallest absolute Gasteiger partial charge is 0.195 e. The molecule has 0 fully saturated rings. The average Bonchev–Trinajstić information content (AvgIpc) is 2.35. The van der Waals surface area contributed by atoms with E-state index in [0.29, 0.717) is 11.4 Å². The Morgan fingerprint density at radius 1 is 1.75 bits per heavy atom. The molecule has 0 aliphatic carbocycles. The van der Waals surface area contributed by atoms with Crippen molar-refractivity contribution in [2.45, 2.75) is 19.4 Å². The molecule has 1 rings (SSSR count). The molecule has 0 saturated heterocycles. The zero-order valence-electron chi connectivity index (χ0n) is 7.50. The van der Waals surface area contributed by atoms with Crippen LogP contribution in [-0.2, 0) is 10.3 Å². The van der Waals surface area contributed by atoms with Crippen LogP contribution in [0.3, 0.4) is 0 Å². The minimum Gasteiger partial charge on any atom is -0.382 e. The molecule has 1 aromatic heterocycles. The highest BCUT2D eigenvalue weighted by Crippen LogP contribution is 2.14. The second kappa shape index (κ2) is 3.37. The predicted molar refractivity (Wildman–Crippen MR) is 48.6 cm³/mol. The second-order valence-electron chi connectivity index (χ2n) is 3.28. The summed E-state index contributed by atoms with van der Waals surface area (Å²) < 4.78 is 7.58. The molecule has 1 heterocycles. The number of hydrogen-bond donors (Lipinski definition) is 1. The standard InChI is InChI=1S/C7H13N3OS/c1-7(2,4-11-3)10-5-8-9-6(10)12/h5H,4H2,1-3H3,(H,9,12). The van der Waals surface area contributed by atoms with Crippen molar-refractivity contribution in [2.24, 2.45) is 0 Å². The molecule has 0 bridgehead atoms. The Kier molecular flexibility index (Phi) is 2.64. The van der Waals surface area contributed by atoms with Crippen LogP contribution < -0.4 is 0 Å². The van der Waals surface area contributed by atoms with E-state index in [-0.39, 0.29) is 5.54 Å². The molecule has 0 saturated carbocycles. The summed E-state index contributed by atoms with van der Waals surface area (Å²) >= 11 is 5.04. The third kappa shape index (κ3) is 1.73. The van der Waals surface area contributed by atoms with E-state index in [1.165, 1.54) is 0 Å². The lowest BCUT2D eigenvalue weighted by atomic mass is 10.1. The predicted octanol–water partition coefficient (Wildman–Crippen LogP) is 1.32. The largest absolute Gasteiger partial charge is 0.382 e. The average molecular weight is 187 g/mol. The van der Waals surface area contributed by atoms with Crippen LogP contribution in [0.15, 0.2) is 6.33 Å². The van der Waals surface area contributed by atoms with Gasteiger partial charge in [-0.15, -0.1) is 0 Å². The summed E-state index contributed by atoms with van der Waals surface area (Å²) in [6.45, 7) is 4.70. The first-order valence-corrected chi connectivity index (χ1v) is 4.10. The van der Waals surface area contributed by atoms with Crippen molar-refractivity contribution in [3.8, 4) is 0 Å². The topological polar surface area (TPSA) is 42.8 Å². The molecule has 0 aliphatic heterocycles. The molecule has 0 atom stereocenters. The first kappa shape index (κ1) is 9.41. The van der Waals surface area contributed by atoms with Crippen LogP contribution in [0.25, 0.3) is 0 Å². The van der Waals surface area contributed by atoms with E-state index < -0.39 is 0 Å². The number of hydrogen-bond acceptors (Lipinski definition) is 3. The minimum absolute atomic E-state index is 0.140.